The van der Waals surface area contributed by atoms with E-state index in [0.717, 1.165) is 24.7 Å². The van der Waals surface area contributed by atoms with E-state index in [-0.39, 0.29) is 0 Å². The minimum Gasteiger partial charge on any atom is -0.399 e. The molecule has 18 heavy (non-hydrogen) atoms. The van der Waals surface area contributed by atoms with Crippen molar-refractivity contribution in [3.05, 3.63) is 35.1 Å². The largest absolute Gasteiger partial charge is 0.399 e. The standard InChI is InChI=1S/C11H7BrN4S2/c12-6-4-14-10(15-5-6)18-11-16-8-2-1-7(13)3-9(8)17-11/h1-5H,13H2. The van der Waals surface area contributed by atoms with Crippen LogP contribution >= 0.6 is 39.0 Å². The number of hydrogen-bond donors (Lipinski definition) is 1. The highest BCUT2D eigenvalue weighted by atomic mass is 79.9. The van der Waals surface area contributed by atoms with E-state index in [9.17, 15) is 0 Å². The molecule has 0 aliphatic rings. The highest BCUT2D eigenvalue weighted by molar-refractivity contribution is 9.10. The molecule has 0 aliphatic carbocycles. The summed E-state index contributed by atoms with van der Waals surface area (Å²) in [5.74, 6) is 0. The van der Waals surface area contributed by atoms with E-state index in [0.29, 0.717) is 5.16 Å². The first-order valence-corrected chi connectivity index (χ1v) is 7.45. The zero-order valence-electron chi connectivity index (χ0n) is 9.00. The summed E-state index contributed by atoms with van der Waals surface area (Å²) in [4.78, 5) is 12.9. The Bertz CT molecular complexity index is 696. The van der Waals surface area contributed by atoms with E-state index >= 15 is 0 Å². The molecule has 0 saturated heterocycles. The molecule has 0 bridgehead atoms. The molecule has 90 valence electrons. The van der Waals surface area contributed by atoms with Gasteiger partial charge in [-0.1, -0.05) is 0 Å². The third-order valence-corrected chi connectivity index (χ3v) is 4.55. The van der Waals surface area contributed by atoms with Crippen LogP contribution in [0.1, 0.15) is 0 Å². The van der Waals surface area contributed by atoms with Crippen molar-refractivity contribution in [1.82, 2.24) is 15.0 Å². The molecule has 7 heteroatoms. The quantitative estimate of drug-likeness (QED) is 0.571. The van der Waals surface area contributed by atoms with Crippen LogP contribution in [0.25, 0.3) is 10.2 Å². The van der Waals surface area contributed by atoms with Crippen LogP contribution in [0.4, 0.5) is 5.69 Å². The monoisotopic (exact) mass is 338 g/mol. The summed E-state index contributed by atoms with van der Waals surface area (Å²) in [6.45, 7) is 0. The van der Waals surface area contributed by atoms with Crippen molar-refractivity contribution in [2.75, 3.05) is 5.73 Å². The minimum atomic E-state index is 0.685. The van der Waals surface area contributed by atoms with E-state index in [1.807, 2.05) is 18.2 Å². The van der Waals surface area contributed by atoms with Crippen molar-refractivity contribution >= 4 is 54.9 Å². The molecular formula is C11H7BrN4S2. The van der Waals surface area contributed by atoms with Gasteiger partial charge in [0.05, 0.1) is 14.7 Å². The van der Waals surface area contributed by atoms with Crippen LogP contribution in [0.3, 0.4) is 0 Å². The molecule has 2 heterocycles. The van der Waals surface area contributed by atoms with Gasteiger partial charge in [-0.25, -0.2) is 15.0 Å². The SMILES string of the molecule is Nc1ccc2nc(Sc3ncc(Br)cn3)sc2c1. The number of benzene rings is 1. The number of aromatic nitrogens is 3. The molecular weight excluding hydrogens is 332 g/mol. The predicted molar refractivity (Wildman–Crippen MR) is 77.9 cm³/mol. The second kappa shape index (κ2) is 4.83. The van der Waals surface area contributed by atoms with Gasteiger partial charge in [-0.05, 0) is 45.9 Å². The lowest BCUT2D eigenvalue weighted by molar-refractivity contribution is 0.957. The first kappa shape index (κ1) is 11.9. The molecule has 0 fully saturated rings. The normalized spacial score (nSPS) is 10.9. The Balaban J connectivity index is 1.92. The molecule has 0 spiro atoms. The second-order valence-electron chi connectivity index (χ2n) is 3.49. The molecule has 3 aromatic rings. The van der Waals surface area contributed by atoms with Crippen LogP contribution in [-0.4, -0.2) is 15.0 Å². The topological polar surface area (TPSA) is 64.7 Å². The van der Waals surface area contributed by atoms with Gasteiger partial charge in [0.1, 0.15) is 0 Å². The number of thiazole rings is 1. The molecule has 1 aromatic carbocycles. The lowest BCUT2D eigenvalue weighted by Crippen LogP contribution is -1.83. The molecule has 0 aliphatic heterocycles. The molecule has 0 atom stereocenters. The number of nitrogens with zero attached hydrogens (tertiary/aromatic N) is 3. The van der Waals surface area contributed by atoms with Gasteiger partial charge in [-0.3, -0.25) is 0 Å². The molecule has 0 amide bonds. The Kier molecular flexibility index (Phi) is 3.19. The number of rotatable bonds is 2. The molecule has 2 aromatic heterocycles. The number of nitrogen functional groups attached to an aromatic ring is 1. The van der Waals surface area contributed by atoms with Crippen molar-refractivity contribution in [1.29, 1.82) is 0 Å². The molecule has 0 saturated carbocycles. The van der Waals surface area contributed by atoms with Gasteiger partial charge in [0.25, 0.3) is 0 Å². The molecule has 3 rings (SSSR count). The highest BCUT2D eigenvalue weighted by Crippen LogP contribution is 2.33. The number of fused-ring (bicyclic) bond motifs is 1. The maximum absolute atomic E-state index is 5.74. The zero-order chi connectivity index (χ0) is 12.5. The number of nitrogens with two attached hydrogens (primary N) is 1. The lowest BCUT2D eigenvalue weighted by Gasteiger charge is -1.94. The smallest absolute Gasteiger partial charge is 0.194 e. The zero-order valence-corrected chi connectivity index (χ0v) is 12.2. The average Bonchev–Trinajstić information content (AvgIpc) is 2.73. The van der Waals surface area contributed by atoms with Crippen molar-refractivity contribution < 1.29 is 0 Å². The summed E-state index contributed by atoms with van der Waals surface area (Å²) < 4.78 is 2.86. The van der Waals surface area contributed by atoms with Crippen LogP contribution in [0.5, 0.6) is 0 Å². The summed E-state index contributed by atoms with van der Waals surface area (Å²) in [7, 11) is 0. The summed E-state index contributed by atoms with van der Waals surface area (Å²) in [6.07, 6.45) is 3.45. The molecule has 0 unspecified atom stereocenters. The Labute approximate surface area is 120 Å². The Morgan fingerprint density at radius 2 is 2.00 bits per heavy atom. The third-order valence-electron chi connectivity index (χ3n) is 2.17. The van der Waals surface area contributed by atoms with E-state index in [1.54, 1.807) is 23.7 Å². The maximum atomic E-state index is 5.74. The van der Waals surface area contributed by atoms with E-state index in [2.05, 4.69) is 30.9 Å². The van der Waals surface area contributed by atoms with Gasteiger partial charge in [0.15, 0.2) is 9.50 Å². The fourth-order valence-corrected chi connectivity index (χ4v) is 3.52. The maximum Gasteiger partial charge on any atom is 0.194 e. The fraction of sp³-hybridized carbons (Fsp3) is 0. The second-order valence-corrected chi connectivity index (χ2v) is 6.65. The van der Waals surface area contributed by atoms with Crippen LogP contribution in [0.2, 0.25) is 0 Å². The van der Waals surface area contributed by atoms with Crippen molar-refractivity contribution in [3.63, 3.8) is 0 Å². The van der Waals surface area contributed by atoms with Crippen molar-refractivity contribution in [2.24, 2.45) is 0 Å². The summed E-state index contributed by atoms with van der Waals surface area (Å²) in [5.41, 5.74) is 7.45. The van der Waals surface area contributed by atoms with E-state index in [1.165, 1.54) is 11.8 Å². The molecule has 2 N–H and O–H groups in total. The van der Waals surface area contributed by atoms with E-state index < -0.39 is 0 Å². The fourth-order valence-electron chi connectivity index (χ4n) is 1.39. The predicted octanol–water partition coefficient (Wildman–Crippen LogP) is 3.58. The average molecular weight is 339 g/mol. The molecule has 0 radical (unpaired) electrons. The first-order chi connectivity index (χ1) is 8.70. The van der Waals surface area contributed by atoms with Crippen molar-refractivity contribution in [2.45, 2.75) is 9.50 Å². The van der Waals surface area contributed by atoms with E-state index in [4.69, 9.17) is 5.73 Å². The van der Waals surface area contributed by atoms with Crippen LogP contribution < -0.4 is 5.73 Å². The summed E-state index contributed by atoms with van der Waals surface area (Å²) >= 11 is 6.35. The van der Waals surface area contributed by atoms with Crippen LogP contribution in [-0.2, 0) is 0 Å². The Hall–Kier alpha value is -1.18. The van der Waals surface area contributed by atoms with Gasteiger partial charge in [0, 0.05) is 18.1 Å². The Morgan fingerprint density at radius 1 is 1.22 bits per heavy atom. The third kappa shape index (κ3) is 2.47. The van der Waals surface area contributed by atoms with Crippen molar-refractivity contribution in [3.8, 4) is 0 Å². The number of anilines is 1. The van der Waals surface area contributed by atoms with Gasteiger partial charge >= 0.3 is 0 Å². The minimum absolute atomic E-state index is 0.685. The first-order valence-electron chi connectivity index (χ1n) is 5.02. The van der Waals surface area contributed by atoms with Gasteiger partial charge in [-0.2, -0.15) is 0 Å². The molecule has 4 nitrogen and oxygen atoms in total. The van der Waals surface area contributed by atoms with Crippen LogP contribution in [0, 0.1) is 0 Å². The highest BCUT2D eigenvalue weighted by Gasteiger charge is 2.07. The van der Waals surface area contributed by atoms with Crippen LogP contribution in [0.15, 0.2) is 44.6 Å². The Morgan fingerprint density at radius 3 is 2.78 bits per heavy atom. The van der Waals surface area contributed by atoms with Gasteiger partial charge in [-0.15, -0.1) is 11.3 Å². The number of hydrogen-bond acceptors (Lipinski definition) is 6. The van der Waals surface area contributed by atoms with Gasteiger partial charge < -0.3 is 5.73 Å². The number of halogens is 1. The summed E-state index contributed by atoms with van der Waals surface area (Å²) in [6, 6.07) is 5.71. The lowest BCUT2D eigenvalue weighted by atomic mass is 10.3. The van der Waals surface area contributed by atoms with Gasteiger partial charge in [0.2, 0.25) is 0 Å². The summed E-state index contributed by atoms with van der Waals surface area (Å²) in [5, 5.41) is 0.685.